The summed E-state index contributed by atoms with van der Waals surface area (Å²) in [4.78, 5) is 3.16. The lowest BCUT2D eigenvalue weighted by Gasteiger charge is -2.28. The van der Waals surface area contributed by atoms with Crippen molar-refractivity contribution in [3.8, 4) is 5.75 Å². The molecule has 1 unspecified atom stereocenters. The summed E-state index contributed by atoms with van der Waals surface area (Å²) in [5.74, 6) is 1.05. The van der Waals surface area contributed by atoms with Crippen molar-refractivity contribution in [3.63, 3.8) is 0 Å². The molecule has 0 amide bonds. The second-order valence-electron chi connectivity index (χ2n) is 7.45. The molecule has 2 aromatic carbocycles. The molecule has 2 aliphatic heterocycles. The molecule has 1 N–H and O–H groups in total. The van der Waals surface area contributed by atoms with E-state index in [2.05, 4.69) is 36.1 Å². The summed E-state index contributed by atoms with van der Waals surface area (Å²) in [7, 11) is -2.65. The lowest BCUT2D eigenvalue weighted by molar-refractivity contribution is 0.220. The molecule has 0 saturated heterocycles. The molecule has 0 aliphatic carbocycles. The number of fused-ring (bicyclic) bond motifs is 2. The zero-order chi connectivity index (χ0) is 18.3. The van der Waals surface area contributed by atoms with E-state index >= 15 is 0 Å². The van der Waals surface area contributed by atoms with Crippen LogP contribution in [0.3, 0.4) is 0 Å². The molecule has 0 saturated carbocycles. The Morgan fingerprint density at radius 2 is 1.77 bits per heavy atom. The van der Waals surface area contributed by atoms with E-state index in [1.807, 2.05) is 12.1 Å². The second kappa shape index (κ2) is 6.71. The van der Waals surface area contributed by atoms with Gasteiger partial charge in [-0.3, -0.25) is 4.90 Å². The molecule has 5 heteroatoms. The average molecular weight is 371 g/mol. The highest BCUT2D eigenvalue weighted by molar-refractivity contribution is 7.91. The molecule has 0 aromatic heterocycles. The van der Waals surface area contributed by atoms with Crippen molar-refractivity contribution in [1.29, 1.82) is 4.78 Å². The quantitative estimate of drug-likeness (QED) is 0.894. The first-order valence-corrected chi connectivity index (χ1v) is 11.2. The summed E-state index contributed by atoms with van der Waals surface area (Å²) in [6.07, 6.45) is 4.44. The minimum atomic E-state index is -2.65. The Labute approximate surface area is 156 Å². The van der Waals surface area contributed by atoms with E-state index in [1.165, 1.54) is 28.5 Å². The Morgan fingerprint density at radius 3 is 2.54 bits per heavy atom. The van der Waals surface area contributed by atoms with Gasteiger partial charge in [0.2, 0.25) is 0 Å². The highest BCUT2D eigenvalue weighted by atomic mass is 32.2. The van der Waals surface area contributed by atoms with Crippen LogP contribution in [0.2, 0.25) is 0 Å². The highest BCUT2D eigenvalue weighted by Crippen LogP contribution is 2.31. The molecule has 26 heavy (non-hydrogen) atoms. The zero-order valence-electron chi connectivity index (χ0n) is 15.5. The van der Waals surface area contributed by atoms with Crippen molar-refractivity contribution in [1.82, 2.24) is 4.90 Å². The molecule has 0 spiro atoms. The third-order valence-electron chi connectivity index (χ3n) is 5.71. The molecule has 4 nitrogen and oxygen atoms in total. The number of ether oxygens (including phenoxy) is 1. The monoisotopic (exact) mass is 370 g/mol. The average Bonchev–Trinajstić information content (AvgIpc) is 2.98. The SMILES string of the molecule is C[C@@H](c1ccc2c(c1)OCC2)N1CCc2ccc(S(C)(=N)=O)cc2CC1. The van der Waals surface area contributed by atoms with Crippen LogP contribution in [0, 0.1) is 4.78 Å². The molecule has 2 atom stereocenters. The van der Waals surface area contributed by atoms with Crippen molar-refractivity contribution in [2.45, 2.75) is 37.1 Å². The van der Waals surface area contributed by atoms with Crippen molar-refractivity contribution < 1.29 is 8.95 Å². The predicted octanol–water partition coefficient (Wildman–Crippen LogP) is 3.82. The maximum Gasteiger partial charge on any atom is 0.122 e. The summed E-state index contributed by atoms with van der Waals surface area (Å²) in [6.45, 7) is 5.04. The topological polar surface area (TPSA) is 53.4 Å². The van der Waals surface area contributed by atoms with E-state index in [9.17, 15) is 4.21 Å². The van der Waals surface area contributed by atoms with Gasteiger partial charge in [-0.15, -0.1) is 0 Å². The minimum Gasteiger partial charge on any atom is -0.493 e. The molecule has 2 aromatic rings. The normalized spacial score (nSPS) is 20.4. The number of hydrogen-bond donors (Lipinski definition) is 1. The summed E-state index contributed by atoms with van der Waals surface area (Å²) in [5.41, 5.74) is 5.19. The van der Waals surface area contributed by atoms with Crippen LogP contribution in [0.25, 0.3) is 0 Å². The molecule has 0 fully saturated rings. The highest BCUT2D eigenvalue weighted by Gasteiger charge is 2.22. The van der Waals surface area contributed by atoms with Crippen molar-refractivity contribution in [3.05, 3.63) is 58.7 Å². The van der Waals surface area contributed by atoms with E-state index in [-0.39, 0.29) is 0 Å². The number of nitrogens with zero attached hydrogens (tertiary/aromatic N) is 1. The Hall–Kier alpha value is -1.85. The first kappa shape index (κ1) is 17.6. The summed E-state index contributed by atoms with van der Waals surface area (Å²) in [6, 6.07) is 12.9. The van der Waals surface area contributed by atoms with Gasteiger partial charge in [-0.25, -0.2) is 8.99 Å². The number of nitrogens with one attached hydrogen (secondary N) is 1. The van der Waals surface area contributed by atoms with Crippen LogP contribution in [0.15, 0.2) is 41.3 Å². The lowest BCUT2D eigenvalue weighted by Crippen LogP contribution is -2.29. The van der Waals surface area contributed by atoms with Gasteiger partial charge < -0.3 is 4.74 Å². The second-order valence-corrected chi connectivity index (χ2v) is 9.61. The molecule has 0 bridgehead atoms. The Kier molecular flexibility index (Phi) is 4.53. The molecule has 4 rings (SSSR count). The standard InChI is InChI=1S/C21H26N2O2S/c1-15(18-4-3-17-9-12-25-21(17)14-18)23-10-7-16-5-6-20(26(2,22)24)13-19(16)8-11-23/h3-6,13-15,22H,7-12H2,1-2H3/t15-,26?/m0/s1. The van der Waals surface area contributed by atoms with Gasteiger partial charge in [0, 0.05) is 36.7 Å². The molecule has 2 heterocycles. The van der Waals surface area contributed by atoms with Crippen LogP contribution in [0.4, 0.5) is 0 Å². The largest absolute Gasteiger partial charge is 0.493 e. The smallest absolute Gasteiger partial charge is 0.122 e. The molecular weight excluding hydrogens is 344 g/mol. The first-order valence-electron chi connectivity index (χ1n) is 9.27. The van der Waals surface area contributed by atoms with Crippen molar-refractivity contribution in [2.24, 2.45) is 0 Å². The number of benzene rings is 2. The number of hydrogen-bond acceptors (Lipinski definition) is 4. The third kappa shape index (κ3) is 3.38. The van der Waals surface area contributed by atoms with E-state index < -0.39 is 9.73 Å². The Morgan fingerprint density at radius 1 is 1.04 bits per heavy atom. The third-order valence-corrected chi connectivity index (χ3v) is 6.87. The molecular formula is C21H26N2O2S. The van der Waals surface area contributed by atoms with Crippen LogP contribution < -0.4 is 4.74 Å². The van der Waals surface area contributed by atoms with Gasteiger partial charge >= 0.3 is 0 Å². The van der Waals surface area contributed by atoms with Crippen molar-refractivity contribution in [2.75, 3.05) is 26.0 Å². The van der Waals surface area contributed by atoms with Gasteiger partial charge in [-0.05, 0) is 60.2 Å². The Balaban J connectivity index is 1.53. The molecule has 0 radical (unpaired) electrons. The lowest BCUT2D eigenvalue weighted by atomic mass is 10.0. The van der Waals surface area contributed by atoms with Crippen molar-refractivity contribution >= 4 is 9.73 Å². The van der Waals surface area contributed by atoms with Crippen LogP contribution >= 0.6 is 0 Å². The summed E-state index contributed by atoms with van der Waals surface area (Å²) < 4.78 is 25.6. The van der Waals surface area contributed by atoms with Crippen LogP contribution in [-0.2, 0) is 29.0 Å². The van der Waals surface area contributed by atoms with E-state index in [0.29, 0.717) is 10.9 Å². The van der Waals surface area contributed by atoms with Gasteiger partial charge in [-0.1, -0.05) is 18.2 Å². The fourth-order valence-electron chi connectivity index (χ4n) is 4.00. The number of rotatable bonds is 3. The maximum absolute atomic E-state index is 12.1. The van der Waals surface area contributed by atoms with E-state index in [0.717, 1.165) is 44.7 Å². The van der Waals surface area contributed by atoms with Gasteiger partial charge in [0.05, 0.1) is 16.3 Å². The van der Waals surface area contributed by atoms with E-state index in [1.54, 1.807) is 0 Å². The van der Waals surface area contributed by atoms with Crippen LogP contribution in [-0.4, -0.2) is 35.1 Å². The fraction of sp³-hybridized carbons (Fsp3) is 0.429. The maximum atomic E-state index is 12.1. The summed E-state index contributed by atoms with van der Waals surface area (Å²) >= 11 is 0. The van der Waals surface area contributed by atoms with Gasteiger partial charge in [0.25, 0.3) is 0 Å². The predicted molar refractivity (Wildman–Crippen MR) is 105 cm³/mol. The first-order chi connectivity index (χ1) is 12.4. The van der Waals surface area contributed by atoms with Gasteiger partial charge in [0.1, 0.15) is 5.75 Å². The van der Waals surface area contributed by atoms with Crippen LogP contribution in [0.1, 0.15) is 35.2 Å². The van der Waals surface area contributed by atoms with Crippen LogP contribution in [0.5, 0.6) is 5.75 Å². The van der Waals surface area contributed by atoms with Gasteiger partial charge in [0.15, 0.2) is 0 Å². The molecule has 138 valence electrons. The summed E-state index contributed by atoms with van der Waals surface area (Å²) in [5, 5.41) is 0. The minimum absolute atomic E-state index is 0.338. The zero-order valence-corrected chi connectivity index (χ0v) is 16.3. The van der Waals surface area contributed by atoms with Gasteiger partial charge in [-0.2, -0.15) is 0 Å². The van der Waals surface area contributed by atoms with E-state index in [4.69, 9.17) is 9.52 Å². The Bertz CT molecular complexity index is 937. The fourth-order valence-corrected chi connectivity index (χ4v) is 4.70. The molecule has 2 aliphatic rings.